The fourth-order valence-electron chi connectivity index (χ4n) is 4.89. The molecule has 0 radical (unpaired) electrons. The van der Waals surface area contributed by atoms with Gasteiger partial charge in [-0.2, -0.15) is 0 Å². The van der Waals surface area contributed by atoms with Gasteiger partial charge in [0.25, 0.3) is 5.91 Å². The predicted molar refractivity (Wildman–Crippen MR) is 122 cm³/mol. The number of pyridine rings is 1. The number of rotatable bonds is 9. The van der Waals surface area contributed by atoms with E-state index in [1.54, 1.807) is 4.90 Å². The lowest BCUT2D eigenvalue weighted by atomic mass is 9.83. The zero-order valence-electron chi connectivity index (χ0n) is 18.7. The molecule has 0 aromatic carbocycles. The van der Waals surface area contributed by atoms with E-state index in [1.165, 1.54) is 37.7 Å². The summed E-state index contributed by atoms with van der Waals surface area (Å²) in [5.74, 6) is -0.436. The van der Waals surface area contributed by atoms with Crippen LogP contribution in [0.4, 0.5) is 5.69 Å². The van der Waals surface area contributed by atoms with Gasteiger partial charge in [-0.05, 0) is 37.7 Å². The lowest BCUT2D eigenvalue weighted by Gasteiger charge is -2.32. The zero-order chi connectivity index (χ0) is 23.1. The maximum atomic E-state index is 13.0. The Balaban J connectivity index is 1.57. The molecule has 174 valence electrons. The van der Waals surface area contributed by atoms with Crippen molar-refractivity contribution >= 4 is 29.1 Å². The molecule has 1 aliphatic carbocycles. The second-order valence-electron chi connectivity index (χ2n) is 8.79. The van der Waals surface area contributed by atoms with Crippen LogP contribution >= 0.6 is 0 Å². The Hall–Kier alpha value is -2.97. The number of carbonyl (C=O) groups is 3. The molecule has 5 N–H and O–H groups in total. The van der Waals surface area contributed by atoms with E-state index < -0.39 is 11.9 Å². The van der Waals surface area contributed by atoms with Gasteiger partial charge >= 0.3 is 0 Å². The highest BCUT2D eigenvalue weighted by Gasteiger charge is 2.35. The molecular weight excluding hydrogens is 408 g/mol. The smallest absolute Gasteiger partial charge is 0.267 e. The third kappa shape index (κ3) is 5.83. The lowest BCUT2D eigenvalue weighted by Crippen LogP contribution is -2.50. The van der Waals surface area contributed by atoms with Crippen LogP contribution < -0.4 is 16.4 Å². The molecule has 3 atom stereocenters. The van der Waals surface area contributed by atoms with E-state index in [1.807, 2.05) is 0 Å². The molecule has 2 fully saturated rings. The van der Waals surface area contributed by atoms with Gasteiger partial charge in [0, 0.05) is 24.3 Å². The third-order valence-corrected chi connectivity index (χ3v) is 6.47. The Kier molecular flexibility index (Phi) is 8.19. The molecule has 1 saturated carbocycles. The Morgan fingerprint density at radius 2 is 2.06 bits per heavy atom. The first kappa shape index (κ1) is 23.7. The summed E-state index contributed by atoms with van der Waals surface area (Å²) in [5, 5.41) is 14.0. The number of likely N-dealkylation sites (tertiary alicyclic amines) is 1. The second-order valence-corrected chi connectivity index (χ2v) is 8.79. The summed E-state index contributed by atoms with van der Waals surface area (Å²) in [4.78, 5) is 42.9. The molecule has 32 heavy (non-hydrogen) atoms. The molecule has 3 rings (SSSR count). The summed E-state index contributed by atoms with van der Waals surface area (Å²) in [7, 11) is 0. The lowest BCUT2D eigenvalue weighted by molar-refractivity contribution is -0.137. The van der Waals surface area contributed by atoms with Gasteiger partial charge in [0.15, 0.2) is 0 Å². The van der Waals surface area contributed by atoms with E-state index in [0.717, 1.165) is 25.7 Å². The molecule has 0 spiro atoms. The van der Waals surface area contributed by atoms with Crippen LogP contribution in [0.1, 0.15) is 63.9 Å². The molecule has 1 aromatic heterocycles. The second kappa shape index (κ2) is 11.1. The van der Waals surface area contributed by atoms with E-state index in [2.05, 4.69) is 22.5 Å². The van der Waals surface area contributed by atoms with Crippen molar-refractivity contribution in [1.82, 2.24) is 15.2 Å². The largest absolute Gasteiger partial charge is 0.374 e. The van der Waals surface area contributed by atoms with E-state index in [4.69, 9.17) is 11.1 Å². The standard InChI is InChI=1S/C23H34N6O3/c1-2-5-15-6-3-7-16(12-15)28-23(32)19-8-4-11-29(19)20(30)14-27-18-13-26-10-9-17(18)21(24)22(25)31/h9-10,13,15-16,19,24,27H,2-8,11-12,14H2,1H3,(H2,25,31)(H,28,32). The number of carbonyl (C=O) groups excluding carboxylic acids is 3. The summed E-state index contributed by atoms with van der Waals surface area (Å²) in [6, 6.07) is 1.25. The van der Waals surface area contributed by atoms with Crippen LogP contribution in [0.3, 0.4) is 0 Å². The van der Waals surface area contributed by atoms with Gasteiger partial charge in [-0.3, -0.25) is 24.8 Å². The number of primary amides is 1. The van der Waals surface area contributed by atoms with Crippen molar-refractivity contribution in [3.8, 4) is 0 Å². The Bertz CT molecular complexity index is 856. The molecule has 0 bridgehead atoms. The van der Waals surface area contributed by atoms with Gasteiger partial charge in [-0.25, -0.2) is 0 Å². The number of nitrogens with one attached hydrogen (secondary N) is 3. The number of hydrogen-bond donors (Lipinski definition) is 4. The molecule has 1 aromatic rings. The number of nitrogens with two attached hydrogens (primary N) is 1. The molecule has 9 heteroatoms. The first-order valence-electron chi connectivity index (χ1n) is 11.6. The Morgan fingerprint density at radius 3 is 2.81 bits per heavy atom. The van der Waals surface area contributed by atoms with Gasteiger partial charge in [0.1, 0.15) is 11.8 Å². The summed E-state index contributed by atoms with van der Waals surface area (Å²) in [6.07, 6.45) is 11.1. The van der Waals surface area contributed by atoms with Gasteiger partial charge in [0.2, 0.25) is 11.8 Å². The number of nitrogens with zero attached hydrogens (tertiary/aromatic N) is 2. The van der Waals surface area contributed by atoms with Crippen LogP contribution in [0, 0.1) is 11.3 Å². The molecule has 1 aliphatic heterocycles. The van der Waals surface area contributed by atoms with Crippen molar-refractivity contribution in [3.63, 3.8) is 0 Å². The minimum Gasteiger partial charge on any atom is -0.374 e. The van der Waals surface area contributed by atoms with Gasteiger partial charge in [-0.1, -0.05) is 32.6 Å². The molecule has 3 unspecified atom stereocenters. The maximum absolute atomic E-state index is 13.0. The molecule has 3 amide bonds. The fraction of sp³-hybridized carbons (Fsp3) is 0.609. The average Bonchev–Trinajstić information content (AvgIpc) is 3.28. The predicted octanol–water partition coefficient (Wildman–Crippen LogP) is 1.81. The Labute approximate surface area is 189 Å². The van der Waals surface area contributed by atoms with Crippen LogP contribution in [0.2, 0.25) is 0 Å². The SMILES string of the molecule is CCCC1CCCC(NC(=O)C2CCCN2C(=O)CNc2cnccc2C(=N)C(N)=O)C1. The first-order chi connectivity index (χ1) is 15.4. The first-order valence-corrected chi connectivity index (χ1v) is 11.6. The highest BCUT2D eigenvalue weighted by Crippen LogP contribution is 2.28. The van der Waals surface area contributed by atoms with Crippen LogP contribution in [-0.4, -0.2) is 58.5 Å². The summed E-state index contributed by atoms with van der Waals surface area (Å²) >= 11 is 0. The van der Waals surface area contributed by atoms with Gasteiger partial charge in [-0.15, -0.1) is 0 Å². The molecule has 9 nitrogen and oxygen atoms in total. The maximum Gasteiger partial charge on any atom is 0.267 e. The van der Waals surface area contributed by atoms with Gasteiger partial charge < -0.3 is 21.3 Å². The van der Waals surface area contributed by atoms with E-state index in [9.17, 15) is 14.4 Å². The normalized spacial score (nSPS) is 22.9. The highest BCUT2D eigenvalue weighted by molar-refractivity contribution is 6.44. The van der Waals surface area contributed by atoms with Crippen LogP contribution in [-0.2, 0) is 14.4 Å². The number of aromatic nitrogens is 1. The molecule has 1 saturated heterocycles. The molecule has 2 heterocycles. The van der Waals surface area contributed by atoms with Crippen LogP contribution in [0.5, 0.6) is 0 Å². The highest BCUT2D eigenvalue weighted by atomic mass is 16.2. The quantitative estimate of drug-likeness (QED) is 0.432. The topological polar surface area (TPSA) is 141 Å². The van der Waals surface area contributed by atoms with Crippen molar-refractivity contribution in [1.29, 1.82) is 5.41 Å². The minimum absolute atomic E-state index is 0.0590. The fourth-order valence-corrected chi connectivity index (χ4v) is 4.89. The zero-order valence-corrected chi connectivity index (χ0v) is 18.7. The summed E-state index contributed by atoms with van der Waals surface area (Å²) in [6.45, 7) is 2.68. The van der Waals surface area contributed by atoms with Crippen LogP contribution in [0.15, 0.2) is 18.5 Å². The third-order valence-electron chi connectivity index (χ3n) is 6.47. The number of anilines is 1. The number of hydrogen-bond acceptors (Lipinski definition) is 6. The molecular formula is C23H34N6O3. The monoisotopic (exact) mass is 442 g/mol. The van der Waals surface area contributed by atoms with Crippen molar-refractivity contribution in [3.05, 3.63) is 24.0 Å². The number of amides is 3. The van der Waals surface area contributed by atoms with Crippen molar-refractivity contribution in [2.45, 2.75) is 70.4 Å². The Morgan fingerprint density at radius 1 is 1.25 bits per heavy atom. The van der Waals surface area contributed by atoms with Crippen molar-refractivity contribution in [2.75, 3.05) is 18.4 Å². The van der Waals surface area contributed by atoms with Crippen molar-refractivity contribution < 1.29 is 14.4 Å². The summed E-state index contributed by atoms with van der Waals surface area (Å²) < 4.78 is 0. The minimum atomic E-state index is -0.856. The van der Waals surface area contributed by atoms with E-state index in [0.29, 0.717) is 24.6 Å². The van der Waals surface area contributed by atoms with Crippen molar-refractivity contribution in [2.24, 2.45) is 11.7 Å². The molecule has 2 aliphatic rings. The summed E-state index contributed by atoms with van der Waals surface area (Å²) in [5.41, 5.74) is 5.53. The van der Waals surface area contributed by atoms with Gasteiger partial charge in [0.05, 0.1) is 18.4 Å². The van der Waals surface area contributed by atoms with E-state index >= 15 is 0 Å². The average molecular weight is 443 g/mol. The van der Waals surface area contributed by atoms with Crippen LogP contribution in [0.25, 0.3) is 0 Å². The van der Waals surface area contributed by atoms with E-state index in [-0.39, 0.29) is 35.7 Å².